The highest BCUT2D eigenvalue weighted by Crippen LogP contribution is 2.22. The first-order chi connectivity index (χ1) is 13.3. The van der Waals surface area contributed by atoms with Gasteiger partial charge in [0.15, 0.2) is 10.8 Å². The molecule has 2 aliphatic heterocycles. The van der Waals surface area contributed by atoms with Gasteiger partial charge in [0.25, 0.3) is 11.8 Å². The Morgan fingerprint density at radius 2 is 2.21 bits per heavy atom. The molecule has 2 atom stereocenters. The number of hydrogen-bond donors (Lipinski definition) is 3. The summed E-state index contributed by atoms with van der Waals surface area (Å²) < 4.78 is 0. The van der Waals surface area contributed by atoms with Gasteiger partial charge in [-0.15, -0.1) is 11.3 Å². The van der Waals surface area contributed by atoms with Crippen molar-refractivity contribution in [2.45, 2.75) is 24.9 Å². The number of nitrogens with one attached hydrogen (secondary N) is 1. The number of nitrogens with two attached hydrogens (primary N) is 1. The Bertz CT molecular complexity index is 854. The predicted molar refractivity (Wildman–Crippen MR) is 96.5 cm³/mol. The van der Waals surface area contributed by atoms with Crippen LogP contribution in [0.15, 0.2) is 10.5 Å². The van der Waals surface area contributed by atoms with E-state index in [9.17, 15) is 24.3 Å². The van der Waals surface area contributed by atoms with Crippen LogP contribution in [0.5, 0.6) is 0 Å². The minimum Gasteiger partial charge on any atom is -0.480 e. The van der Waals surface area contributed by atoms with Crippen LogP contribution < -0.4 is 11.1 Å². The first-order valence-corrected chi connectivity index (χ1v) is 9.19. The third kappa shape index (κ3) is 3.60. The number of urea groups is 1. The summed E-state index contributed by atoms with van der Waals surface area (Å²) >= 11 is 1.11. The van der Waals surface area contributed by atoms with Crippen LogP contribution in [0.1, 0.15) is 18.5 Å². The van der Waals surface area contributed by atoms with Crippen LogP contribution in [0.25, 0.3) is 0 Å². The standard InChI is InChI=1S/C15H18N6O6S/c1-27-19-10(8-6-28-14(16)18-8)11(22)17-7-5-21(12(7)23)15(26)20-4-2-3-9(20)13(24)25/h6-7,9H,2-5H2,1H3,(H2,16,18)(H,17,22)(H,24,25)/t7-,9-/m0/s1. The minimum absolute atomic E-state index is 0.0638. The number of carboxylic acid groups (broad SMARTS) is 1. The molecule has 0 spiro atoms. The molecule has 0 aromatic carbocycles. The number of hydrogen-bond acceptors (Lipinski definition) is 9. The SMILES string of the molecule is CON=C(C(=O)N[C@H]1CN(C(=O)N2CCC[C@H]2C(=O)O)C1=O)c1csc(N)n1. The second kappa shape index (κ2) is 7.80. The highest BCUT2D eigenvalue weighted by molar-refractivity contribution is 7.13. The zero-order valence-electron chi connectivity index (χ0n) is 14.8. The zero-order valence-corrected chi connectivity index (χ0v) is 15.6. The van der Waals surface area contributed by atoms with Crippen LogP contribution in [-0.2, 0) is 19.2 Å². The molecule has 4 amide bonds. The number of oxime groups is 1. The lowest BCUT2D eigenvalue weighted by Gasteiger charge is -2.39. The second-order valence-corrected chi connectivity index (χ2v) is 7.03. The van der Waals surface area contributed by atoms with Crippen LogP contribution in [0.3, 0.4) is 0 Å². The number of carboxylic acids is 1. The van der Waals surface area contributed by atoms with E-state index in [4.69, 9.17) is 5.73 Å². The molecule has 0 unspecified atom stereocenters. The number of aliphatic carboxylic acids is 1. The fourth-order valence-electron chi connectivity index (χ4n) is 3.03. The van der Waals surface area contributed by atoms with E-state index < -0.39 is 35.9 Å². The van der Waals surface area contributed by atoms with Gasteiger partial charge in [-0.05, 0) is 12.8 Å². The fourth-order valence-corrected chi connectivity index (χ4v) is 3.58. The van der Waals surface area contributed by atoms with Gasteiger partial charge in [-0.3, -0.25) is 14.5 Å². The van der Waals surface area contributed by atoms with E-state index in [2.05, 4.69) is 20.3 Å². The summed E-state index contributed by atoms with van der Waals surface area (Å²) in [5.74, 6) is -2.43. The van der Waals surface area contributed by atoms with Gasteiger partial charge in [0.1, 0.15) is 24.9 Å². The average Bonchev–Trinajstić information content (AvgIpc) is 3.31. The molecule has 12 nitrogen and oxygen atoms in total. The quantitative estimate of drug-likeness (QED) is 0.318. The lowest BCUT2D eigenvalue weighted by atomic mass is 10.1. The van der Waals surface area contributed by atoms with Crippen molar-refractivity contribution in [2.75, 3.05) is 25.9 Å². The van der Waals surface area contributed by atoms with Crippen molar-refractivity contribution in [3.63, 3.8) is 0 Å². The number of thiazole rings is 1. The lowest BCUT2D eigenvalue weighted by Crippen LogP contribution is -2.68. The van der Waals surface area contributed by atoms with Gasteiger partial charge in [0.05, 0.1) is 6.54 Å². The van der Waals surface area contributed by atoms with Crippen molar-refractivity contribution < 1.29 is 29.1 Å². The summed E-state index contributed by atoms with van der Waals surface area (Å²) in [6.07, 6.45) is 0.898. The summed E-state index contributed by atoms with van der Waals surface area (Å²) in [6, 6.07) is -2.54. The Morgan fingerprint density at radius 3 is 2.79 bits per heavy atom. The number of carbonyl (C=O) groups is 4. The van der Waals surface area contributed by atoms with Gasteiger partial charge in [-0.1, -0.05) is 5.16 Å². The normalized spacial score (nSPS) is 22.0. The molecule has 0 saturated carbocycles. The van der Waals surface area contributed by atoms with E-state index >= 15 is 0 Å². The number of nitrogen functional groups attached to an aromatic ring is 1. The first-order valence-electron chi connectivity index (χ1n) is 8.31. The number of aromatic nitrogens is 1. The number of β-lactam (4-membered cyclic amide) rings is 1. The Balaban J connectivity index is 1.62. The zero-order chi connectivity index (χ0) is 20.4. The lowest BCUT2D eigenvalue weighted by molar-refractivity contribution is -0.145. The van der Waals surface area contributed by atoms with Crippen LogP contribution in [0.2, 0.25) is 0 Å². The molecule has 2 fully saturated rings. The number of anilines is 1. The topological polar surface area (TPSA) is 168 Å². The molecule has 3 rings (SSSR count). The predicted octanol–water partition coefficient (Wildman–Crippen LogP) is -0.928. The number of nitrogens with zero attached hydrogens (tertiary/aromatic N) is 4. The molecule has 3 heterocycles. The van der Waals surface area contributed by atoms with Crippen LogP contribution in [0.4, 0.5) is 9.93 Å². The second-order valence-electron chi connectivity index (χ2n) is 6.14. The molecule has 1 aromatic heterocycles. The molecule has 13 heteroatoms. The summed E-state index contributed by atoms with van der Waals surface area (Å²) in [7, 11) is 1.26. The van der Waals surface area contributed by atoms with Crippen molar-refractivity contribution >= 4 is 46.0 Å². The van der Waals surface area contributed by atoms with Crippen molar-refractivity contribution in [1.29, 1.82) is 0 Å². The number of carbonyl (C=O) groups excluding carboxylic acids is 3. The number of rotatable bonds is 5. The van der Waals surface area contributed by atoms with E-state index in [1.54, 1.807) is 0 Å². The number of likely N-dealkylation sites (tertiary alicyclic amines) is 2. The van der Waals surface area contributed by atoms with E-state index in [0.717, 1.165) is 21.1 Å². The third-order valence-corrected chi connectivity index (χ3v) is 5.09. The molecular formula is C15H18N6O6S. The van der Waals surface area contributed by atoms with Gasteiger partial charge in [-0.2, -0.15) is 0 Å². The first kappa shape index (κ1) is 19.5. The number of imide groups is 1. The molecule has 0 bridgehead atoms. The molecule has 2 aliphatic rings. The maximum absolute atomic E-state index is 12.4. The van der Waals surface area contributed by atoms with E-state index in [0.29, 0.717) is 12.8 Å². The maximum atomic E-state index is 12.4. The minimum atomic E-state index is -1.10. The highest BCUT2D eigenvalue weighted by atomic mass is 32.1. The smallest absolute Gasteiger partial charge is 0.327 e. The Labute approximate surface area is 162 Å². The van der Waals surface area contributed by atoms with E-state index in [1.165, 1.54) is 12.5 Å². The summed E-state index contributed by atoms with van der Waals surface area (Å²) in [4.78, 5) is 59.1. The Morgan fingerprint density at radius 1 is 1.46 bits per heavy atom. The van der Waals surface area contributed by atoms with Crippen molar-refractivity contribution in [3.8, 4) is 0 Å². The van der Waals surface area contributed by atoms with Crippen LogP contribution in [0, 0.1) is 0 Å². The molecule has 28 heavy (non-hydrogen) atoms. The molecule has 150 valence electrons. The Kier molecular flexibility index (Phi) is 5.44. The maximum Gasteiger partial charge on any atom is 0.327 e. The monoisotopic (exact) mass is 410 g/mol. The highest BCUT2D eigenvalue weighted by Gasteiger charge is 2.46. The number of amides is 4. The summed E-state index contributed by atoms with van der Waals surface area (Å²) in [5.41, 5.74) is 5.60. The largest absolute Gasteiger partial charge is 0.480 e. The molecule has 1 aromatic rings. The molecule has 2 saturated heterocycles. The fraction of sp³-hybridized carbons (Fsp3) is 0.467. The van der Waals surface area contributed by atoms with Crippen molar-refractivity contribution in [3.05, 3.63) is 11.1 Å². The van der Waals surface area contributed by atoms with Gasteiger partial charge < -0.3 is 25.9 Å². The molecule has 0 aliphatic carbocycles. The van der Waals surface area contributed by atoms with Crippen molar-refractivity contribution in [1.82, 2.24) is 20.1 Å². The summed E-state index contributed by atoms with van der Waals surface area (Å²) in [6.45, 7) is 0.207. The molecule has 4 N–H and O–H groups in total. The van der Waals surface area contributed by atoms with Gasteiger partial charge in [0, 0.05) is 11.9 Å². The molecule has 0 radical (unpaired) electrons. The van der Waals surface area contributed by atoms with Crippen LogP contribution in [-0.4, -0.2) is 81.7 Å². The Hall–Kier alpha value is -3.22. The van der Waals surface area contributed by atoms with Crippen LogP contribution >= 0.6 is 11.3 Å². The molecular weight excluding hydrogens is 392 g/mol. The van der Waals surface area contributed by atoms with E-state index in [-0.39, 0.29) is 29.6 Å². The van der Waals surface area contributed by atoms with Gasteiger partial charge in [-0.25, -0.2) is 14.6 Å². The third-order valence-electron chi connectivity index (χ3n) is 4.41. The van der Waals surface area contributed by atoms with E-state index in [1.807, 2.05) is 0 Å². The van der Waals surface area contributed by atoms with Gasteiger partial charge >= 0.3 is 12.0 Å². The average molecular weight is 410 g/mol. The van der Waals surface area contributed by atoms with Crippen molar-refractivity contribution in [2.24, 2.45) is 5.16 Å². The van der Waals surface area contributed by atoms with Gasteiger partial charge in [0.2, 0.25) is 0 Å². The summed E-state index contributed by atoms with van der Waals surface area (Å²) in [5, 5.41) is 17.0.